The van der Waals surface area contributed by atoms with Gasteiger partial charge >= 0.3 is 0 Å². The molecule has 4 heteroatoms. The third-order valence-corrected chi connectivity index (χ3v) is 5.25. The summed E-state index contributed by atoms with van der Waals surface area (Å²) in [6.07, 6.45) is 0. The maximum absolute atomic E-state index is 12.6. The second-order valence-electron chi connectivity index (χ2n) is 4.76. The van der Waals surface area contributed by atoms with Crippen LogP contribution in [0.5, 0.6) is 0 Å². The minimum absolute atomic E-state index is 0.314. The smallest absolute Gasteiger partial charge is 0.206 e. The molecule has 1 N–H and O–H groups in total. The molecule has 0 atom stereocenters. The van der Waals surface area contributed by atoms with E-state index >= 15 is 0 Å². The molecule has 3 aromatic rings. The summed E-state index contributed by atoms with van der Waals surface area (Å²) in [6.45, 7) is 0. The van der Waals surface area contributed by atoms with E-state index in [0.717, 1.165) is 16.5 Å². The van der Waals surface area contributed by atoms with Gasteiger partial charge in [-0.3, -0.25) is 0 Å². The quantitative estimate of drug-likeness (QED) is 0.801. The molecule has 0 fully saturated rings. The van der Waals surface area contributed by atoms with Crippen molar-refractivity contribution in [3.63, 3.8) is 0 Å². The van der Waals surface area contributed by atoms with Gasteiger partial charge in [0, 0.05) is 18.1 Å². The summed E-state index contributed by atoms with van der Waals surface area (Å²) in [6, 6.07) is 19.5. The predicted molar refractivity (Wildman–Crippen MR) is 85.4 cm³/mol. The lowest BCUT2D eigenvalue weighted by atomic mass is 10.1. The van der Waals surface area contributed by atoms with Crippen LogP contribution in [-0.4, -0.2) is 15.5 Å². The Morgan fingerprint density at radius 2 is 1.57 bits per heavy atom. The van der Waals surface area contributed by atoms with Gasteiger partial charge in [-0.2, -0.15) is 0 Å². The van der Waals surface area contributed by atoms with Gasteiger partial charge in [0.05, 0.1) is 9.79 Å². The summed E-state index contributed by atoms with van der Waals surface area (Å²) in [5, 5.41) is 5.02. The van der Waals surface area contributed by atoms with Crippen molar-refractivity contribution in [2.24, 2.45) is 0 Å². The normalized spacial score (nSPS) is 11.5. The first-order valence-electron chi connectivity index (χ1n) is 6.63. The van der Waals surface area contributed by atoms with Crippen molar-refractivity contribution in [3.05, 3.63) is 66.7 Å². The van der Waals surface area contributed by atoms with Crippen molar-refractivity contribution in [1.29, 1.82) is 0 Å². The molecule has 3 nitrogen and oxygen atoms in total. The number of nitrogens with one attached hydrogen (secondary N) is 1. The molecule has 0 aliphatic carbocycles. The molecule has 0 saturated carbocycles. The van der Waals surface area contributed by atoms with Gasteiger partial charge < -0.3 is 5.32 Å². The summed E-state index contributed by atoms with van der Waals surface area (Å²) in [4.78, 5) is 0.628. The molecule has 3 rings (SSSR count). The highest BCUT2D eigenvalue weighted by molar-refractivity contribution is 7.91. The van der Waals surface area contributed by atoms with Gasteiger partial charge in [0.1, 0.15) is 0 Å². The topological polar surface area (TPSA) is 46.2 Å². The van der Waals surface area contributed by atoms with Crippen LogP contribution < -0.4 is 5.32 Å². The van der Waals surface area contributed by atoms with E-state index in [2.05, 4.69) is 5.32 Å². The van der Waals surface area contributed by atoms with Gasteiger partial charge in [-0.15, -0.1) is 0 Å². The predicted octanol–water partition coefficient (Wildman–Crippen LogP) is 3.71. The molecule has 106 valence electrons. The van der Waals surface area contributed by atoms with Gasteiger partial charge in [-0.05, 0) is 35.7 Å². The zero-order valence-corrected chi connectivity index (χ0v) is 12.4. The first-order valence-corrected chi connectivity index (χ1v) is 8.12. The van der Waals surface area contributed by atoms with Crippen molar-refractivity contribution in [2.75, 3.05) is 12.4 Å². The Bertz CT molecular complexity index is 887. The molecule has 0 heterocycles. The number of benzene rings is 3. The molecular formula is C17H15NO2S. The molecule has 0 spiro atoms. The van der Waals surface area contributed by atoms with Crippen LogP contribution in [0.4, 0.5) is 5.69 Å². The van der Waals surface area contributed by atoms with E-state index in [1.807, 2.05) is 31.3 Å². The standard InChI is InChI=1S/C17H15NO2S/c1-18-17-9-5-6-13-12-15(10-11-16(13)17)21(19,20)14-7-3-2-4-8-14/h2-12,18H,1H3. The third kappa shape index (κ3) is 2.38. The lowest BCUT2D eigenvalue weighted by Gasteiger charge is -2.09. The van der Waals surface area contributed by atoms with Crippen LogP contribution in [0.2, 0.25) is 0 Å². The highest BCUT2D eigenvalue weighted by Crippen LogP contribution is 2.28. The minimum atomic E-state index is -3.47. The lowest BCUT2D eigenvalue weighted by molar-refractivity contribution is 0.596. The van der Waals surface area contributed by atoms with Gasteiger partial charge in [0.2, 0.25) is 9.84 Å². The fourth-order valence-corrected chi connectivity index (χ4v) is 3.70. The van der Waals surface area contributed by atoms with Crippen molar-refractivity contribution < 1.29 is 8.42 Å². The number of hydrogen-bond donors (Lipinski definition) is 1. The van der Waals surface area contributed by atoms with E-state index in [1.165, 1.54) is 0 Å². The van der Waals surface area contributed by atoms with Crippen LogP contribution in [0, 0.1) is 0 Å². The first-order chi connectivity index (χ1) is 10.1. The zero-order chi connectivity index (χ0) is 14.9. The van der Waals surface area contributed by atoms with Crippen LogP contribution in [0.15, 0.2) is 76.5 Å². The number of fused-ring (bicyclic) bond motifs is 1. The monoisotopic (exact) mass is 297 g/mol. The van der Waals surface area contributed by atoms with Crippen LogP contribution >= 0.6 is 0 Å². The number of rotatable bonds is 3. The SMILES string of the molecule is CNc1cccc2cc(S(=O)(=O)c3ccccc3)ccc12. The molecule has 21 heavy (non-hydrogen) atoms. The maximum atomic E-state index is 12.6. The molecular weight excluding hydrogens is 282 g/mol. The van der Waals surface area contributed by atoms with Crippen LogP contribution in [-0.2, 0) is 9.84 Å². The molecule has 0 unspecified atom stereocenters. The highest BCUT2D eigenvalue weighted by atomic mass is 32.2. The third-order valence-electron chi connectivity index (χ3n) is 3.49. The molecule has 0 radical (unpaired) electrons. The maximum Gasteiger partial charge on any atom is 0.206 e. The number of hydrogen-bond acceptors (Lipinski definition) is 3. The Morgan fingerprint density at radius 3 is 2.29 bits per heavy atom. The van der Waals surface area contributed by atoms with Crippen LogP contribution in [0.25, 0.3) is 10.8 Å². The minimum Gasteiger partial charge on any atom is -0.388 e. The van der Waals surface area contributed by atoms with Gasteiger partial charge in [0.25, 0.3) is 0 Å². The molecule has 0 amide bonds. The van der Waals surface area contributed by atoms with Crippen molar-refractivity contribution >= 4 is 26.3 Å². The highest BCUT2D eigenvalue weighted by Gasteiger charge is 2.17. The van der Waals surface area contributed by atoms with Gasteiger partial charge in [-0.25, -0.2) is 8.42 Å². The summed E-state index contributed by atoms with van der Waals surface area (Å²) < 4.78 is 25.2. The van der Waals surface area contributed by atoms with E-state index in [9.17, 15) is 8.42 Å². The average Bonchev–Trinajstić information content (AvgIpc) is 2.54. The van der Waals surface area contributed by atoms with Gasteiger partial charge in [-0.1, -0.05) is 36.4 Å². The van der Waals surface area contributed by atoms with Crippen LogP contribution in [0.3, 0.4) is 0 Å². The Balaban J connectivity index is 2.18. The molecule has 0 saturated heterocycles. The summed E-state index contributed by atoms with van der Waals surface area (Å²) in [5.74, 6) is 0. The molecule has 0 aliphatic rings. The Labute approximate surface area is 124 Å². The largest absolute Gasteiger partial charge is 0.388 e. The fraction of sp³-hybridized carbons (Fsp3) is 0.0588. The Morgan fingerprint density at radius 1 is 0.810 bits per heavy atom. The molecule has 0 aliphatic heterocycles. The average molecular weight is 297 g/mol. The van der Waals surface area contributed by atoms with E-state index < -0.39 is 9.84 Å². The van der Waals surface area contributed by atoms with Gasteiger partial charge in [0.15, 0.2) is 0 Å². The second-order valence-corrected chi connectivity index (χ2v) is 6.70. The summed E-state index contributed by atoms with van der Waals surface area (Å²) >= 11 is 0. The fourth-order valence-electron chi connectivity index (χ4n) is 2.38. The van der Waals surface area contributed by atoms with E-state index in [0.29, 0.717) is 9.79 Å². The molecule has 3 aromatic carbocycles. The van der Waals surface area contributed by atoms with Crippen LogP contribution in [0.1, 0.15) is 0 Å². The zero-order valence-electron chi connectivity index (χ0n) is 11.6. The van der Waals surface area contributed by atoms with Crippen molar-refractivity contribution in [3.8, 4) is 0 Å². The Kier molecular flexibility index (Phi) is 3.39. The summed E-state index contributed by atoms with van der Waals surface area (Å²) in [5.41, 5.74) is 0.983. The number of anilines is 1. The van der Waals surface area contributed by atoms with Crippen molar-refractivity contribution in [1.82, 2.24) is 0 Å². The van der Waals surface area contributed by atoms with E-state index in [-0.39, 0.29) is 0 Å². The molecule has 0 aromatic heterocycles. The number of sulfone groups is 1. The lowest BCUT2D eigenvalue weighted by Crippen LogP contribution is -2.01. The second kappa shape index (κ2) is 5.22. The Hall–Kier alpha value is -2.33. The first kappa shape index (κ1) is 13.6. The summed E-state index contributed by atoms with van der Waals surface area (Å²) in [7, 11) is -1.62. The molecule has 0 bridgehead atoms. The van der Waals surface area contributed by atoms with Crippen molar-refractivity contribution in [2.45, 2.75) is 9.79 Å². The van der Waals surface area contributed by atoms with E-state index in [4.69, 9.17) is 0 Å². The van der Waals surface area contributed by atoms with E-state index in [1.54, 1.807) is 42.5 Å².